The fourth-order valence-electron chi connectivity index (χ4n) is 3.45. The molecule has 1 aromatic carbocycles. The summed E-state index contributed by atoms with van der Waals surface area (Å²) in [6, 6.07) is 7.18. The van der Waals surface area contributed by atoms with Crippen molar-refractivity contribution in [1.82, 2.24) is 10.6 Å². The van der Waals surface area contributed by atoms with E-state index in [1.165, 1.54) is 12.5 Å². The van der Waals surface area contributed by atoms with Gasteiger partial charge in [0.25, 0.3) is 0 Å². The normalized spacial score (nSPS) is 25.4. The van der Waals surface area contributed by atoms with Crippen LogP contribution in [-0.4, -0.2) is 37.3 Å². The number of nitrogens with one attached hydrogen (secondary N) is 2. The van der Waals surface area contributed by atoms with Gasteiger partial charge in [-0.3, -0.25) is 4.99 Å². The van der Waals surface area contributed by atoms with E-state index >= 15 is 0 Å². The van der Waals surface area contributed by atoms with Gasteiger partial charge in [-0.2, -0.15) is 0 Å². The molecule has 6 heteroatoms. The first kappa shape index (κ1) is 19.4. The number of guanidine groups is 1. The van der Waals surface area contributed by atoms with E-state index in [2.05, 4.69) is 22.5 Å². The molecule has 3 unspecified atom stereocenters. The van der Waals surface area contributed by atoms with Gasteiger partial charge in [-0.15, -0.1) is 24.0 Å². The first-order valence-corrected chi connectivity index (χ1v) is 8.69. The molecule has 3 atom stereocenters. The van der Waals surface area contributed by atoms with Crippen molar-refractivity contribution in [3.8, 4) is 0 Å². The molecule has 0 amide bonds. The maximum atomic E-state index is 13.1. The lowest BCUT2D eigenvalue weighted by Crippen LogP contribution is -2.47. The van der Waals surface area contributed by atoms with E-state index in [0.717, 1.165) is 50.3 Å². The van der Waals surface area contributed by atoms with Crippen molar-refractivity contribution < 1.29 is 9.13 Å². The zero-order valence-electron chi connectivity index (χ0n) is 14.1. The number of ether oxygens (including phenoxy) is 1. The third-order valence-corrected chi connectivity index (χ3v) is 4.55. The van der Waals surface area contributed by atoms with Gasteiger partial charge in [0, 0.05) is 13.1 Å². The van der Waals surface area contributed by atoms with Gasteiger partial charge in [-0.25, -0.2) is 4.39 Å². The Morgan fingerprint density at radius 2 is 2.25 bits per heavy atom. The zero-order chi connectivity index (χ0) is 16.1. The van der Waals surface area contributed by atoms with Crippen LogP contribution < -0.4 is 10.6 Å². The average molecular weight is 447 g/mol. The minimum Gasteiger partial charge on any atom is -0.373 e. The predicted molar refractivity (Wildman–Crippen MR) is 106 cm³/mol. The third-order valence-electron chi connectivity index (χ3n) is 4.55. The molecule has 2 aliphatic rings. The molecule has 0 spiro atoms. The maximum Gasteiger partial charge on any atom is 0.191 e. The van der Waals surface area contributed by atoms with E-state index in [-0.39, 0.29) is 29.8 Å². The summed E-state index contributed by atoms with van der Waals surface area (Å²) < 4.78 is 19.0. The summed E-state index contributed by atoms with van der Waals surface area (Å²) in [5.41, 5.74) is 1.03. The van der Waals surface area contributed by atoms with Crippen LogP contribution in [0, 0.1) is 5.82 Å². The minimum absolute atomic E-state index is 0. The standard InChI is InChI=1S/C18H26FN3O.HI/c1-2-20-18(22-16-12-15-8-9-17(16)23-15)21-10-4-6-13-5-3-7-14(19)11-13;/h3,5,7,11,15-17H,2,4,6,8-10,12H2,1H3,(H2,20,21,22);1H. The van der Waals surface area contributed by atoms with Crippen molar-refractivity contribution in [2.45, 2.75) is 57.3 Å². The lowest BCUT2D eigenvalue weighted by molar-refractivity contribution is 0.0992. The van der Waals surface area contributed by atoms with Gasteiger partial charge in [-0.05, 0) is 56.7 Å². The second kappa shape index (κ2) is 9.56. The lowest BCUT2D eigenvalue weighted by Gasteiger charge is -2.22. The van der Waals surface area contributed by atoms with Gasteiger partial charge in [0.15, 0.2) is 5.96 Å². The third kappa shape index (κ3) is 5.31. The molecule has 0 aliphatic carbocycles. The van der Waals surface area contributed by atoms with Gasteiger partial charge < -0.3 is 15.4 Å². The SMILES string of the molecule is CCNC(=NCCCc1cccc(F)c1)NC1CC2CCC1O2.I. The van der Waals surface area contributed by atoms with Crippen LogP contribution >= 0.6 is 24.0 Å². The number of hydrogen-bond donors (Lipinski definition) is 2. The summed E-state index contributed by atoms with van der Waals surface area (Å²) in [5.74, 6) is 0.699. The highest BCUT2D eigenvalue weighted by atomic mass is 127. The molecule has 2 heterocycles. The van der Waals surface area contributed by atoms with Crippen LogP contribution in [0.1, 0.15) is 38.2 Å². The van der Waals surface area contributed by atoms with Gasteiger partial charge in [-0.1, -0.05) is 12.1 Å². The summed E-state index contributed by atoms with van der Waals surface area (Å²) in [6.45, 7) is 3.65. The van der Waals surface area contributed by atoms with E-state index in [4.69, 9.17) is 4.74 Å². The molecule has 2 saturated heterocycles. The van der Waals surface area contributed by atoms with E-state index < -0.39 is 0 Å². The Bertz CT molecular complexity index is 555. The second-order valence-corrected chi connectivity index (χ2v) is 6.35. The van der Waals surface area contributed by atoms with Gasteiger partial charge in [0.2, 0.25) is 0 Å². The Labute approximate surface area is 160 Å². The quantitative estimate of drug-likeness (QED) is 0.305. The van der Waals surface area contributed by atoms with Crippen LogP contribution in [0.3, 0.4) is 0 Å². The molecule has 1 aromatic rings. The summed E-state index contributed by atoms with van der Waals surface area (Å²) in [6.07, 6.45) is 5.97. The van der Waals surface area contributed by atoms with Gasteiger partial charge in [0.05, 0.1) is 18.2 Å². The first-order chi connectivity index (χ1) is 11.2. The van der Waals surface area contributed by atoms with Crippen molar-refractivity contribution in [3.63, 3.8) is 0 Å². The molecule has 0 radical (unpaired) electrons. The summed E-state index contributed by atoms with van der Waals surface area (Å²) in [4.78, 5) is 4.64. The number of rotatable bonds is 6. The Kier molecular flexibility index (Phi) is 7.74. The van der Waals surface area contributed by atoms with Crippen LogP contribution in [0.25, 0.3) is 0 Å². The molecule has 2 bridgehead atoms. The highest BCUT2D eigenvalue weighted by molar-refractivity contribution is 14.0. The number of aliphatic imine (C=N–C) groups is 1. The smallest absolute Gasteiger partial charge is 0.191 e. The van der Waals surface area contributed by atoms with Crippen LogP contribution in [-0.2, 0) is 11.2 Å². The van der Waals surface area contributed by atoms with Crippen molar-refractivity contribution in [1.29, 1.82) is 0 Å². The molecule has 3 rings (SSSR count). The topological polar surface area (TPSA) is 45.7 Å². The predicted octanol–water partition coefficient (Wildman–Crippen LogP) is 3.25. The van der Waals surface area contributed by atoms with Crippen molar-refractivity contribution >= 4 is 29.9 Å². The molecule has 2 N–H and O–H groups in total. The fourth-order valence-corrected chi connectivity index (χ4v) is 3.45. The molecule has 2 aliphatic heterocycles. The van der Waals surface area contributed by atoms with Crippen LogP contribution in [0.15, 0.2) is 29.3 Å². The molecular formula is C18H27FIN3O. The van der Waals surface area contributed by atoms with Crippen LogP contribution in [0.5, 0.6) is 0 Å². The van der Waals surface area contributed by atoms with Crippen molar-refractivity contribution in [2.75, 3.05) is 13.1 Å². The highest BCUT2D eigenvalue weighted by Gasteiger charge is 2.41. The fraction of sp³-hybridized carbons (Fsp3) is 0.611. The van der Waals surface area contributed by atoms with Gasteiger partial charge >= 0.3 is 0 Å². The number of fused-ring (bicyclic) bond motifs is 2. The molecule has 0 saturated carbocycles. The number of nitrogens with zero attached hydrogens (tertiary/aromatic N) is 1. The lowest BCUT2D eigenvalue weighted by atomic mass is 9.96. The summed E-state index contributed by atoms with van der Waals surface area (Å²) >= 11 is 0. The van der Waals surface area contributed by atoms with Crippen LogP contribution in [0.2, 0.25) is 0 Å². The Morgan fingerprint density at radius 3 is 2.92 bits per heavy atom. The van der Waals surface area contributed by atoms with E-state index in [1.807, 2.05) is 6.07 Å². The Morgan fingerprint density at radius 1 is 1.38 bits per heavy atom. The Balaban J connectivity index is 0.00000208. The molecule has 4 nitrogen and oxygen atoms in total. The number of hydrogen-bond acceptors (Lipinski definition) is 2. The average Bonchev–Trinajstić information content (AvgIpc) is 3.14. The molecule has 134 valence electrons. The highest BCUT2D eigenvalue weighted by Crippen LogP contribution is 2.34. The summed E-state index contributed by atoms with van der Waals surface area (Å²) in [7, 11) is 0. The number of aryl methyl sites for hydroxylation is 1. The minimum atomic E-state index is -0.169. The largest absolute Gasteiger partial charge is 0.373 e. The van der Waals surface area contributed by atoms with Crippen LogP contribution in [0.4, 0.5) is 4.39 Å². The van der Waals surface area contributed by atoms with E-state index in [9.17, 15) is 4.39 Å². The van der Waals surface area contributed by atoms with Crippen molar-refractivity contribution in [2.24, 2.45) is 4.99 Å². The molecular weight excluding hydrogens is 420 g/mol. The molecule has 0 aromatic heterocycles. The second-order valence-electron chi connectivity index (χ2n) is 6.35. The monoisotopic (exact) mass is 447 g/mol. The number of halogens is 2. The Hall–Kier alpha value is -0.890. The number of benzene rings is 1. The summed E-state index contributed by atoms with van der Waals surface area (Å²) in [5, 5.41) is 6.81. The van der Waals surface area contributed by atoms with E-state index in [0.29, 0.717) is 18.2 Å². The first-order valence-electron chi connectivity index (χ1n) is 8.69. The molecule has 2 fully saturated rings. The van der Waals surface area contributed by atoms with Gasteiger partial charge in [0.1, 0.15) is 5.82 Å². The van der Waals surface area contributed by atoms with Crippen molar-refractivity contribution in [3.05, 3.63) is 35.6 Å². The van der Waals surface area contributed by atoms with E-state index in [1.54, 1.807) is 12.1 Å². The molecule has 24 heavy (non-hydrogen) atoms. The zero-order valence-corrected chi connectivity index (χ0v) is 16.5. The maximum absolute atomic E-state index is 13.1.